The highest BCUT2D eigenvalue weighted by atomic mass is 19.4. The standard InChI is InChI=1S/C15H21F3N2O/c1-3-11(2)14-10-20(8-7-19-14)12-5-4-6-13(9-12)21-15(16,17)18/h4-6,9,11,14,19H,3,7-8,10H2,1-2H3. The van der Waals surface area contributed by atoms with Crippen LogP contribution in [-0.4, -0.2) is 32.0 Å². The third kappa shape index (κ3) is 4.52. The maximum atomic E-state index is 12.3. The van der Waals surface area contributed by atoms with Crippen LogP contribution in [0.25, 0.3) is 0 Å². The SMILES string of the molecule is CCC(C)C1CN(c2cccc(OC(F)(F)F)c2)CCN1. The predicted molar refractivity (Wildman–Crippen MR) is 76.6 cm³/mol. The highest BCUT2D eigenvalue weighted by Crippen LogP contribution is 2.27. The largest absolute Gasteiger partial charge is 0.573 e. The molecule has 0 aromatic heterocycles. The van der Waals surface area contributed by atoms with Crippen LogP contribution < -0.4 is 15.0 Å². The molecule has 0 amide bonds. The number of halogens is 3. The summed E-state index contributed by atoms with van der Waals surface area (Å²) >= 11 is 0. The fourth-order valence-corrected chi connectivity index (χ4v) is 2.56. The van der Waals surface area contributed by atoms with Crippen molar-refractivity contribution in [3.63, 3.8) is 0 Å². The monoisotopic (exact) mass is 302 g/mol. The average Bonchev–Trinajstić information content (AvgIpc) is 2.45. The zero-order valence-electron chi connectivity index (χ0n) is 12.3. The van der Waals surface area contributed by atoms with Crippen LogP contribution in [0.5, 0.6) is 5.75 Å². The number of alkyl halides is 3. The maximum absolute atomic E-state index is 12.3. The number of nitrogens with zero attached hydrogens (tertiary/aromatic N) is 1. The van der Waals surface area contributed by atoms with Crippen LogP contribution in [0.15, 0.2) is 24.3 Å². The average molecular weight is 302 g/mol. The smallest absolute Gasteiger partial charge is 0.406 e. The Morgan fingerprint density at radius 1 is 1.43 bits per heavy atom. The van der Waals surface area contributed by atoms with Crippen molar-refractivity contribution in [2.24, 2.45) is 5.92 Å². The number of anilines is 1. The van der Waals surface area contributed by atoms with Crippen LogP contribution in [0.1, 0.15) is 20.3 Å². The first kappa shape index (κ1) is 15.9. The van der Waals surface area contributed by atoms with Gasteiger partial charge in [0.15, 0.2) is 0 Å². The Balaban J connectivity index is 2.09. The van der Waals surface area contributed by atoms with Gasteiger partial charge >= 0.3 is 6.36 Å². The molecule has 1 aromatic rings. The third-order valence-electron chi connectivity index (χ3n) is 3.95. The second-order valence-electron chi connectivity index (χ2n) is 5.44. The van der Waals surface area contributed by atoms with Gasteiger partial charge in [0.1, 0.15) is 5.75 Å². The molecule has 1 aromatic carbocycles. The summed E-state index contributed by atoms with van der Waals surface area (Å²) in [5.74, 6) is 0.362. The highest BCUT2D eigenvalue weighted by molar-refractivity contribution is 5.51. The zero-order valence-corrected chi connectivity index (χ0v) is 12.3. The molecule has 2 unspecified atom stereocenters. The van der Waals surface area contributed by atoms with E-state index >= 15 is 0 Å². The summed E-state index contributed by atoms with van der Waals surface area (Å²) in [5, 5.41) is 3.47. The molecular formula is C15H21F3N2O. The van der Waals surface area contributed by atoms with Gasteiger partial charge in [-0.3, -0.25) is 0 Å². The van der Waals surface area contributed by atoms with E-state index in [4.69, 9.17) is 0 Å². The van der Waals surface area contributed by atoms with Gasteiger partial charge in [-0.2, -0.15) is 0 Å². The molecule has 21 heavy (non-hydrogen) atoms. The lowest BCUT2D eigenvalue weighted by molar-refractivity contribution is -0.274. The van der Waals surface area contributed by atoms with E-state index in [2.05, 4.69) is 28.8 Å². The minimum Gasteiger partial charge on any atom is -0.406 e. The van der Waals surface area contributed by atoms with E-state index in [1.54, 1.807) is 6.07 Å². The highest BCUT2D eigenvalue weighted by Gasteiger charge is 2.31. The molecule has 6 heteroatoms. The van der Waals surface area contributed by atoms with E-state index in [1.165, 1.54) is 12.1 Å². The van der Waals surface area contributed by atoms with Gasteiger partial charge in [0.25, 0.3) is 0 Å². The van der Waals surface area contributed by atoms with Crippen molar-refractivity contribution in [3.8, 4) is 5.75 Å². The summed E-state index contributed by atoms with van der Waals surface area (Å²) in [6.07, 6.45) is -3.58. The van der Waals surface area contributed by atoms with Crippen molar-refractivity contribution >= 4 is 5.69 Å². The molecule has 0 aliphatic carbocycles. The van der Waals surface area contributed by atoms with Crippen LogP contribution in [0.2, 0.25) is 0 Å². The van der Waals surface area contributed by atoms with Crippen molar-refractivity contribution in [1.82, 2.24) is 5.32 Å². The number of nitrogens with one attached hydrogen (secondary N) is 1. The summed E-state index contributed by atoms with van der Waals surface area (Å²) in [6, 6.07) is 6.55. The topological polar surface area (TPSA) is 24.5 Å². The van der Waals surface area contributed by atoms with Gasteiger partial charge in [-0.05, 0) is 18.1 Å². The molecule has 118 valence electrons. The lowest BCUT2D eigenvalue weighted by Gasteiger charge is -2.38. The number of hydrogen-bond acceptors (Lipinski definition) is 3. The fraction of sp³-hybridized carbons (Fsp3) is 0.600. The van der Waals surface area contributed by atoms with Gasteiger partial charge in [0.2, 0.25) is 0 Å². The molecule has 1 fully saturated rings. The Morgan fingerprint density at radius 2 is 2.19 bits per heavy atom. The molecule has 0 saturated carbocycles. The number of rotatable bonds is 4. The molecule has 0 radical (unpaired) electrons. The second kappa shape index (κ2) is 6.56. The van der Waals surface area contributed by atoms with Gasteiger partial charge in [-0.25, -0.2) is 0 Å². The fourth-order valence-electron chi connectivity index (χ4n) is 2.56. The van der Waals surface area contributed by atoms with Crippen LogP contribution in [0.3, 0.4) is 0 Å². The van der Waals surface area contributed by atoms with Crippen molar-refractivity contribution < 1.29 is 17.9 Å². The maximum Gasteiger partial charge on any atom is 0.573 e. The lowest BCUT2D eigenvalue weighted by Crippen LogP contribution is -2.53. The molecule has 1 N–H and O–H groups in total. The summed E-state index contributed by atoms with van der Waals surface area (Å²) < 4.78 is 40.8. The number of hydrogen-bond donors (Lipinski definition) is 1. The van der Waals surface area contributed by atoms with Gasteiger partial charge in [0, 0.05) is 37.4 Å². The molecule has 1 aliphatic heterocycles. The first-order valence-corrected chi connectivity index (χ1v) is 7.23. The Labute approximate surface area is 123 Å². The van der Waals surface area contributed by atoms with Gasteiger partial charge in [0.05, 0.1) is 0 Å². The van der Waals surface area contributed by atoms with Crippen molar-refractivity contribution in [3.05, 3.63) is 24.3 Å². The molecular weight excluding hydrogens is 281 g/mol. The summed E-state index contributed by atoms with van der Waals surface area (Å²) in [4.78, 5) is 2.11. The summed E-state index contributed by atoms with van der Waals surface area (Å²) in [7, 11) is 0. The van der Waals surface area contributed by atoms with Crippen molar-refractivity contribution in [2.45, 2.75) is 32.7 Å². The minimum absolute atomic E-state index is 0.168. The van der Waals surface area contributed by atoms with E-state index < -0.39 is 6.36 Å². The first-order chi connectivity index (χ1) is 9.89. The zero-order chi connectivity index (χ0) is 15.5. The number of benzene rings is 1. The Morgan fingerprint density at radius 3 is 2.86 bits per heavy atom. The molecule has 1 aliphatic rings. The molecule has 3 nitrogen and oxygen atoms in total. The van der Waals surface area contributed by atoms with E-state index in [0.717, 1.165) is 31.7 Å². The van der Waals surface area contributed by atoms with Crippen LogP contribution in [0.4, 0.5) is 18.9 Å². The van der Waals surface area contributed by atoms with Crippen LogP contribution in [-0.2, 0) is 0 Å². The Kier molecular flexibility index (Phi) is 4.98. The second-order valence-corrected chi connectivity index (χ2v) is 5.44. The van der Waals surface area contributed by atoms with E-state index in [9.17, 15) is 13.2 Å². The summed E-state index contributed by atoms with van der Waals surface area (Å²) in [5.41, 5.74) is 0.770. The molecule has 1 heterocycles. The van der Waals surface area contributed by atoms with Gasteiger partial charge in [-0.1, -0.05) is 26.3 Å². The van der Waals surface area contributed by atoms with E-state index in [1.807, 2.05) is 6.07 Å². The molecule has 1 saturated heterocycles. The van der Waals surface area contributed by atoms with Gasteiger partial charge in [-0.15, -0.1) is 13.2 Å². The quantitative estimate of drug-likeness (QED) is 0.922. The summed E-state index contributed by atoms with van der Waals surface area (Å²) in [6.45, 7) is 6.74. The number of piperazine rings is 1. The molecule has 2 rings (SSSR count). The van der Waals surface area contributed by atoms with Crippen LogP contribution >= 0.6 is 0 Å². The van der Waals surface area contributed by atoms with E-state index in [-0.39, 0.29) is 5.75 Å². The molecule has 0 spiro atoms. The van der Waals surface area contributed by atoms with Crippen molar-refractivity contribution in [1.29, 1.82) is 0 Å². The normalized spacial score (nSPS) is 21.2. The molecule has 2 atom stereocenters. The predicted octanol–water partition coefficient (Wildman–Crippen LogP) is 3.41. The number of ether oxygens (including phenoxy) is 1. The minimum atomic E-state index is -4.65. The Bertz CT molecular complexity index is 464. The van der Waals surface area contributed by atoms with Crippen molar-refractivity contribution in [2.75, 3.05) is 24.5 Å². The van der Waals surface area contributed by atoms with E-state index in [0.29, 0.717) is 12.0 Å². The van der Waals surface area contributed by atoms with Gasteiger partial charge < -0.3 is 15.0 Å². The first-order valence-electron chi connectivity index (χ1n) is 7.23. The molecule has 0 bridgehead atoms. The van der Waals surface area contributed by atoms with Crippen LogP contribution in [0, 0.1) is 5.92 Å². The third-order valence-corrected chi connectivity index (χ3v) is 3.95. The Hall–Kier alpha value is -1.43. The lowest BCUT2D eigenvalue weighted by atomic mass is 9.97.